The van der Waals surface area contributed by atoms with Gasteiger partial charge in [-0.2, -0.15) is 5.26 Å². The second-order valence-electron chi connectivity index (χ2n) is 8.61. The van der Waals surface area contributed by atoms with Crippen LogP contribution in [0.25, 0.3) is 5.57 Å². The first-order chi connectivity index (χ1) is 15.6. The van der Waals surface area contributed by atoms with Crippen molar-refractivity contribution in [3.63, 3.8) is 0 Å². The van der Waals surface area contributed by atoms with Gasteiger partial charge in [-0.15, -0.1) is 0 Å². The Hall–Kier alpha value is -3.58. The molecule has 2 aliphatic carbocycles. The topological polar surface area (TPSA) is 78.9 Å². The molecule has 0 saturated carbocycles. The number of hydrogen-bond donors (Lipinski definition) is 2. The van der Waals surface area contributed by atoms with E-state index in [0.717, 1.165) is 31.2 Å². The molecule has 2 aliphatic rings. The molecule has 0 radical (unpaired) electrons. The van der Waals surface area contributed by atoms with Crippen molar-refractivity contribution in [3.05, 3.63) is 100 Å². The van der Waals surface area contributed by atoms with E-state index in [9.17, 15) is 4.79 Å². The lowest BCUT2D eigenvalue weighted by molar-refractivity contribution is -0.117. The molecule has 0 aliphatic heterocycles. The van der Waals surface area contributed by atoms with Gasteiger partial charge in [0.15, 0.2) is 0 Å². The van der Waals surface area contributed by atoms with E-state index < -0.39 is 0 Å². The molecule has 3 N–H and O–H groups in total. The molecule has 4 nitrogen and oxygen atoms in total. The van der Waals surface area contributed by atoms with Crippen LogP contribution in [-0.4, -0.2) is 5.91 Å². The summed E-state index contributed by atoms with van der Waals surface area (Å²) in [6.07, 6.45) is 10.2. The molecular weight excluding hydrogens is 394 g/mol. The maximum atomic E-state index is 12.6. The summed E-state index contributed by atoms with van der Waals surface area (Å²) in [6, 6.07) is 18.4. The largest absolute Gasteiger partial charge is 0.401 e. The number of carbonyl (C=O) groups excluding carboxylic acids is 1. The molecule has 162 valence electrons. The van der Waals surface area contributed by atoms with E-state index in [4.69, 9.17) is 11.0 Å². The summed E-state index contributed by atoms with van der Waals surface area (Å²) in [5.41, 5.74) is 12.9. The summed E-state index contributed by atoms with van der Waals surface area (Å²) in [6.45, 7) is 2.64. The normalized spacial score (nSPS) is 19.7. The summed E-state index contributed by atoms with van der Waals surface area (Å²) < 4.78 is 0. The SMILES string of the molecule is CCCC1C=CC(C(=O)NCc2ccc(C3=CCC3c3ccc(C#N)cc3)cc2)=C(N)C1. The molecule has 32 heavy (non-hydrogen) atoms. The number of hydrogen-bond acceptors (Lipinski definition) is 3. The molecule has 4 heteroatoms. The van der Waals surface area contributed by atoms with E-state index in [-0.39, 0.29) is 5.91 Å². The Labute approximate surface area is 190 Å². The summed E-state index contributed by atoms with van der Waals surface area (Å²) in [4.78, 5) is 12.6. The molecule has 0 heterocycles. The minimum absolute atomic E-state index is 0.111. The van der Waals surface area contributed by atoms with Crippen LogP contribution in [0.3, 0.4) is 0 Å². The molecule has 2 atom stereocenters. The predicted octanol–water partition coefficient (Wildman–Crippen LogP) is 5.33. The van der Waals surface area contributed by atoms with E-state index in [1.54, 1.807) is 0 Å². The van der Waals surface area contributed by atoms with Crippen LogP contribution < -0.4 is 11.1 Å². The minimum Gasteiger partial charge on any atom is -0.401 e. The molecule has 0 spiro atoms. The molecule has 0 bridgehead atoms. The van der Waals surface area contributed by atoms with Crippen molar-refractivity contribution in [3.8, 4) is 6.07 Å². The van der Waals surface area contributed by atoms with Gasteiger partial charge in [0.25, 0.3) is 5.91 Å². The highest BCUT2D eigenvalue weighted by Crippen LogP contribution is 2.43. The first kappa shape index (κ1) is 21.6. The van der Waals surface area contributed by atoms with Crippen LogP contribution in [-0.2, 0) is 11.3 Å². The van der Waals surface area contributed by atoms with Gasteiger partial charge in [-0.3, -0.25) is 4.79 Å². The second-order valence-corrected chi connectivity index (χ2v) is 8.61. The fourth-order valence-electron chi connectivity index (χ4n) is 4.46. The van der Waals surface area contributed by atoms with Crippen LogP contribution in [0.15, 0.2) is 78.0 Å². The number of amides is 1. The van der Waals surface area contributed by atoms with Gasteiger partial charge in [0, 0.05) is 18.2 Å². The lowest BCUT2D eigenvalue weighted by Crippen LogP contribution is -2.27. The molecule has 2 unspecified atom stereocenters. The average Bonchev–Trinajstić information content (AvgIpc) is 2.78. The lowest BCUT2D eigenvalue weighted by Gasteiger charge is -2.28. The highest BCUT2D eigenvalue weighted by Gasteiger charge is 2.24. The zero-order valence-electron chi connectivity index (χ0n) is 18.5. The van der Waals surface area contributed by atoms with E-state index in [2.05, 4.69) is 54.7 Å². The van der Waals surface area contributed by atoms with Crippen molar-refractivity contribution in [2.24, 2.45) is 11.7 Å². The number of rotatable bonds is 7. The van der Waals surface area contributed by atoms with Crippen LogP contribution in [0.4, 0.5) is 0 Å². The highest BCUT2D eigenvalue weighted by molar-refractivity contribution is 5.97. The first-order valence-electron chi connectivity index (χ1n) is 11.3. The Morgan fingerprint density at radius 3 is 2.50 bits per heavy atom. The monoisotopic (exact) mass is 423 g/mol. The van der Waals surface area contributed by atoms with Crippen LogP contribution in [0, 0.1) is 17.2 Å². The van der Waals surface area contributed by atoms with Crippen LogP contribution in [0.2, 0.25) is 0 Å². The molecule has 0 aromatic heterocycles. The summed E-state index contributed by atoms with van der Waals surface area (Å²) in [5, 5.41) is 12.0. The van der Waals surface area contributed by atoms with Crippen molar-refractivity contribution in [2.45, 2.75) is 45.1 Å². The second kappa shape index (κ2) is 9.70. The molecule has 4 rings (SSSR count). The summed E-state index contributed by atoms with van der Waals surface area (Å²) >= 11 is 0. The minimum atomic E-state index is -0.111. The van der Waals surface area contributed by atoms with Crippen molar-refractivity contribution in [1.29, 1.82) is 5.26 Å². The quantitative estimate of drug-likeness (QED) is 0.631. The smallest absolute Gasteiger partial charge is 0.253 e. The van der Waals surface area contributed by atoms with Gasteiger partial charge in [0.1, 0.15) is 0 Å². The van der Waals surface area contributed by atoms with Crippen molar-refractivity contribution < 1.29 is 4.79 Å². The third-order valence-corrected chi connectivity index (χ3v) is 6.40. The Morgan fingerprint density at radius 2 is 1.91 bits per heavy atom. The highest BCUT2D eigenvalue weighted by atomic mass is 16.1. The molecule has 0 fully saturated rings. The molecular formula is C28H29N3O. The van der Waals surface area contributed by atoms with Crippen molar-refractivity contribution in [2.75, 3.05) is 0 Å². The number of nitrogens with one attached hydrogen (secondary N) is 1. The Morgan fingerprint density at radius 1 is 1.16 bits per heavy atom. The van der Waals surface area contributed by atoms with Crippen molar-refractivity contribution in [1.82, 2.24) is 5.32 Å². The van der Waals surface area contributed by atoms with Gasteiger partial charge in [-0.05, 0) is 59.6 Å². The van der Waals surface area contributed by atoms with Crippen molar-refractivity contribution >= 4 is 11.5 Å². The third kappa shape index (κ3) is 4.68. The number of nitrogens with zero attached hydrogens (tertiary/aromatic N) is 1. The fraction of sp³-hybridized carbons (Fsp3) is 0.286. The van der Waals surface area contributed by atoms with Gasteiger partial charge in [0.05, 0.1) is 17.2 Å². The number of nitrogens with two attached hydrogens (primary N) is 1. The zero-order valence-corrected chi connectivity index (χ0v) is 18.5. The van der Waals surface area contributed by atoms with Gasteiger partial charge in [0.2, 0.25) is 0 Å². The fourth-order valence-corrected chi connectivity index (χ4v) is 4.46. The van der Waals surface area contributed by atoms with Crippen LogP contribution in [0.1, 0.15) is 60.8 Å². The van der Waals surface area contributed by atoms with Gasteiger partial charge in [-0.1, -0.05) is 68.0 Å². The standard InChI is InChI=1S/C28H29N3O/c1-2-3-19-8-13-26(27(30)16-19)28(32)31-18-21-6-11-23(12-7-21)25-15-14-24(25)22-9-4-20(17-29)5-10-22/h4-13,15,19,24H,2-3,14,16,18,30H2,1H3,(H,31,32). The number of benzene rings is 2. The molecule has 0 saturated heterocycles. The van der Waals surface area contributed by atoms with E-state index >= 15 is 0 Å². The zero-order chi connectivity index (χ0) is 22.5. The average molecular weight is 424 g/mol. The van der Waals surface area contributed by atoms with E-state index in [1.165, 1.54) is 16.7 Å². The maximum absolute atomic E-state index is 12.6. The Bertz CT molecular complexity index is 1110. The van der Waals surface area contributed by atoms with Crippen LogP contribution in [0.5, 0.6) is 0 Å². The molecule has 1 amide bonds. The predicted molar refractivity (Wildman–Crippen MR) is 128 cm³/mol. The number of carbonyl (C=O) groups is 1. The van der Waals surface area contributed by atoms with E-state index in [0.29, 0.717) is 35.2 Å². The first-order valence-corrected chi connectivity index (χ1v) is 11.3. The van der Waals surface area contributed by atoms with Gasteiger partial charge in [-0.25, -0.2) is 0 Å². The number of nitriles is 1. The van der Waals surface area contributed by atoms with E-state index in [1.807, 2.05) is 30.3 Å². The molecule has 2 aromatic carbocycles. The lowest BCUT2D eigenvalue weighted by atomic mass is 9.76. The maximum Gasteiger partial charge on any atom is 0.253 e. The number of allylic oxidation sites excluding steroid dienone is 4. The Kier molecular flexibility index (Phi) is 6.56. The Balaban J connectivity index is 1.34. The summed E-state index contributed by atoms with van der Waals surface area (Å²) in [7, 11) is 0. The molecule has 2 aromatic rings. The third-order valence-electron chi connectivity index (χ3n) is 6.40. The van der Waals surface area contributed by atoms with Gasteiger partial charge >= 0.3 is 0 Å². The van der Waals surface area contributed by atoms with Crippen LogP contribution >= 0.6 is 0 Å². The summed E-state index contributed by atoms with van der Waals surface area (Å²) in [5.74, 6) is 0.705. The van der Waals surface area contributed by atoms with Gasteiger partial charge < -0.3 is 11.1 Å².